The summed E-state index contributed by atoms with van der Waals surface area (Å²) in [6.07, 6.45) is 0. The summed E-state index contributed by atoms with van der Waals surface area (Å²) in [5, 5.41) is 8.80. The summed E-state index contributed by atoms with van der Waals surface area (Å²) in [7, 11) is 4.94. The summed E-state index contributed by atoms with van der Waals surface area (Å²) in [5.74, 6) is 0.555. The van der Waals surface area contributed by atoms with E-state index >= 15 is 0 Å². The van der Waals surface area contributed by atoms with Gasteiger partial charge < -0.3 is 14.6 Å². The van der Waals surface area contributed by atoms with Gasteiger partial charge >= 0.3 is 5.97 Å². The number of benzene rings is 1. The van der Waals surface area contributed by atoms with E-state index in [-0.39, 0.29) is 12.6 Å². The molecule has 1 N–H and O–H groups in total. The number of hydrogen-bond acceptors (Lipinski definition) is 4. The van der Waals surface area contributed by atoms with Crippen LogP contribution in [0.15, 0.2) is 18.2 Å². The van der Waals surface area contributed by atoms with E-state index in [0.717, 1.165) is 5.56 Å². The molecule has 0 spiro atoms. The number of carboxylic acids is 1. The first-order valence-electron chi connectivity index (χ1n) is 5.63. The molecule has 0 heterocycles. The van der Waals surface area contributed by atoms with Gasteiger partial charge in [0.1, 0.15) is 11.5 Å². The molecular formula is C13H19NO4. The van der Waals surface area contributed by atoms with Crippen molar-refractivity contribution in [1.29, 1.82) is 0 Å². The molecule has 0 amide bonds. The summed E-state index contributed by atoms with van der Waals surface area (Å²) in [6.45, 7) is 1.92. The van der Waals surface area contributed by atoms with E-state index in [0.29, 0.717) is 11.5 Å². The largest absolute Gasteiger partial charge is 0.497 e. The van der Waals surface area contributed by atoms with Crippen molar-refractivity contribution in [2.45, 2.75) is 13.0 Å². The molecule has 0 fully saturated rings. The average molecular weight is 253 g/mol. The Morgan fingerprint density at radius 3 is 2.56 bits per heavy atom. The molecule has 0 aliphatic heterocycles. The lowest BCUT2D eigenvalue weighted by Gasteiger charge is -2.25. The fourth-order valence-corrected chi connectivity index (χ4v) is 1.75. The van der Waals surface area contributed by atoms with Crippen molar-refractivity contribution in [1.82, 2.24) is 4.90 Å². The van der Waals surface area contributed by atoms with Crippen LogP contribution in [0.1, 0.15) is 18.5 Å². The van der Waals surface area contributed by atoms with Gasteiger partial charge in [0, 0.05) is 17.7 Å². The predicted octanol–water partition coefficient (Wildman–Crippen LogP) is 1.78. The van der Waals surface area contributed by atoms with Crippen LogP contribution in [0, 0.1) is 0 Å². The van der Waals surface area contributed by atoms with Crippen molar-refractivity contribution in [3.05, 3.63) is 23.8 Å². The van der Waals surface area contributed by atoms with Gasteiger partial charge in [0.25, 0.3) is 0 Å². The van der Waals surface area contributed by atoms with Crippen LogP contribution >= 0.6 is 0 Å². The minimum atomic E-state index is -0.850. The van der Waals surface area contributed by atoms with Gasteiger partial charge in [-0.15, -0.1) is 0 Å². The molecule has 0 radical (unpaired) electrons. The first-order valence-corrected chi connectivity index (χ1v) is 5.63. The Morgan fingerprint density at radius 2 is 2.06 bits per heavy atom. The second-order valence-electron chi connectivity index (χ2n) is 4.09. The minimum Gasteiger partial charge on any atom is -0.497 e. The number of carbonyl (C=O) groups is 1. The van der Waals surface area contributed by atoms with Gasteiger partial charge in [-0.1, -0.05) is 6.07 Å². The fourth-order valence-electron chi connectivity index (χ4n) is 1.75. The Balaban J connectivity index is 2.97. The highest BCUT2D eigenvalue weighted by atomic mass is 16.5. The van der Waals surface area contributed by atoms with E-state index in [1.807, 2.05) is 19.1 Å². The van der Waals surface area contributed by atoms with Crippen molar-refractivity contribution >= 4 is 5.97 Å². The SMILES string of the molecule is COc1ccc(C(C)N(C)CC(=O)O)c(OC)c1. The predicted molar refractivity (Wildman–Crippen MR) is 68.2 cm³/mol. The number of methoxy groups -OCH3 is 2. The van der Waals surface area contributed by atoms with Crippen LogP contribution in [0.4, 0.5) is 0 Å². The average Bonchev–Trinajstić information content (AvgIpc) is 2.36. The molecule has 1 rings (SSSR count). The van der Waals surface area contributed by atoms with E-state index < -0.39 is 5.97 Å². The van der Waals surface area contributed by atoms with E-state index in [1.165, 1.54) is 0 Å². The summed E-state index contributed by atoms with van der Waals surface area (Å²) in [6, 6.07) is 5.46. The zero-order chi connectivity index (χ0) is 13.7. The number of carboxylic acid groups (broad SMARTS) is 1. The zero-order valence-corrected chi connectivity index (χ0v) is 11.1. The Bertz CT molecular complexity index is 419. The highest BCUT2D eigenvalue weighted by Crippen LogP contribution is 2.31. The number of ether oxygens (including phenoxy) is 2. The molecule has 0 aromatic heterocycles. The maximum absolute atomic E-state index is 10.7. The number of rotatable bonds is 6. The number of likely N-dealkylation sites (N-methyl/N-ethyl adjacent to an activating group) is 1. The molecule has 1 aromatic rings. The fraction of sp³-hybridized carbons (Fsp3) is 0.462. The van der Waals surface area contributed by atoms with Crippen molar-refractivity contribution < 1.29 is 19.4 Å². The molecule has 1 unspecified atom stereocenters. The summed E-state index contributed by atoms with van der Waals surface area (Å²) >= 11 is 0. The smallest absolute Gasteiger partial charge is 0.317 e. The van der Waals surface area contributed by atoms with Gasteiger partial charge in [-0.3, -0.25) is 9.69 Å². The highest BCUT2D eigenvalue weighted by Gasteiger charge is 2.18. The lowest BCUT2D eigenvalue weighted by Crippen LogP contribution is -2.28. The zero-order valence-electron chi connectivity index (χ0n) is 11.1. The minimum absolute atomic E-state index is 0.0175. The summed E-state index contributed by atoms with van der Waals surface area (Å²) < 4.78 is 10.4. The molecule has 1 aromatic carbocycles. The van der Waals surface area contributed by atoms with Gasteiger partial charge in [-0.25, -0.2) is 0 Å². The molecular weight excluding hydrogens is 234 g/mol. The summed E-state index contributed by atoms with van der Waals surface area (Å²) in [5.41, 5.74) is 0.932. The van der Waals surface area contributed by atoms with Crippen LogP contribution in [0.5, 0.6) is 11.5 Å². The molecule has 100 valence electrons. The molecule has 5 nitrogen and oxygen atoms in total. The molecule has 1 atom stereocenters. The topological polar surface area (TPSA) is 59.0 Å². The standard InChI is InChI=1S/C13H19NO4/c1-9(14(2)8-13(15)16)11-6-5-10(17-3)7-12(11)18-4/h5-7,9H,8H2,1-4H3,(H,15,16). The quantitative estimate of drug-likeness (QED) is 0.837. The first kappa shape index (κ1) is 14.3. The van der Waals surface area contributed by atoms with Crippen molar-refractivity contribution in [2.24, 2.45) is 0 Å². The monoisotopic (exact) mass is 253 g/mol. The van der Waals surface area contributed by atoms with Gasteiger partial charge in [-0.2, -0.15) is 0 Å². The summed E-state index contributed by atoms with van der Waals surface area (Å²) in [4.78, 5) is 12.5. The molecule has 0 aliphatic rings. The Labute approximate surface area is 107 Å². The molecule has 0 saturated heterocycles. The molecule has 0 bridgehead atoms. The molecule has 5 heteroatoms. The second-order valence-corrected chi connectivity index (χ2v) is 4.09. The lowest BCUT2D eigenvalue weighted by molar-refractivity contribution is -0.138. The van der Waals surface area contributed by atoms with Crippen LogP contribution < -0.4 is 9.47 Å². The normalized spacial score (nSPS) is 12.3. The van der Waals surface area contributed by atoms with Gasteiger partial charge in [0.2, 0.25) is 0 Å². The maximum atomic E-state index is 10.7. The molecule has 0 aliphatic carbocycles. The van der Waals surface area contributed by atoms with Crippen LogP contribution in [0.3, 0.4) is 0 Å². The van der Waals surface area contributed by atoms with Crippen LogP contribution in [0.25, 0.3) is 0 Å². The van der Waals surface area contributed by atoms with Crippen molar-refractivity contribution in [2.75, 3.05) is 27.8 Å². The van der Waals surface area contributed by atoms with E-state index in [1.54, 1.807) is 32.2 Å². The molecule has 18 heavy (non-hydrogen) atoms. The third-order valence-corrected chi connectivity index (χ3v) is 2.94. The Hall–Kier alpha value is -1.75. The van der Waals surface area contributed by atoms with Gasteiger partial charge in [-0.05, 0) is 20.0 Å². The maximum Gasteiger partial charge on any atom is 0.317 e. The van der Waals surface area contributed by atoms with Gasteiger partial charge in [0.05, 0.1) is 20.8 Å². The lowest BCUT2D eigenvalue weighted by atomic mass is 10.1. The number of aliphatic carboxylic acids is 1. The third kappa shape index (κ3) is 3.37. The second kappa shape index (κ2) is 6.26. The Kier molecular flexibility index (Phi) is 4.97. The highest BCUT2D eigenvalue weighted by molar-refractivity contribution is 5.69. The number of nitrogens with zero attached hydrogens (tertiary/aromatic N) is 1. The molecule has 0 saturated carbocycles. The number of hydrogen-bond donors (Lipinski definition) is 1. The van der Waals surface area contributed by atoms with Crippen LogP contribution in [0.2, 0.25) is 0 Å². The van der Waals surface area contributed by atoms with Gasteiger partial charge in [0.15, 0.2) is 0 Å². The van der Waals surface area contributed by atoms with E-state index in [4.69, 9.17) is 14.6 Å². The van der Waals surface area contributed by atoms with Crippen molar-refractivity contribution in [3.63, 3.8) is 0 Å². The third-order valence-electron chi connectivity index (χ3n) is 2.94. The Morgan fingerprint density at radius 1 is 1.39 bits per heavy atom. The van der Waals surface area contributed by atoms with Crippen molar-refractivity contribution in [3.8, 4) is 11.5 Å². The van der Waals surface area contributed by atoms with Crippen LogP contribution in [-0.4, -0.2) is 43.8 Å². The van der Waals surface area contributed by atoms with Crippen LogP contribution in [-0.2, 0) is 4.79 Å². The first-order chi connectivity index (χ1) is 8.49. The van der Waals surface area contributed by atoms with E-state index in [2.05, 4.69) is 0 Å². The van der Waals surface area contributed by atoms with E-state index in [9.17, 15) is 4.79 Å².